The van der Waals surface area contributed by atoms with E-state index in [0.29, 0.717) is 11.1 Å². The van der Waals surface area contributed by atoms with Crippen molar-refractivity contribution in [3.63, 3.8) is 0 Å². The molecule has 0 amide bonds. The maximum Gasteiger partial charge on any atom is 0.313 e. The van der Waals surface area contributed by atoms with Gasteiger partial charge in [0, 0.05) is 18.9 Å². The largest absolute Gasteiger partial charge is 0.481 e. The van der Waals surface area contributed by atoms with Gasteiger partial charge in [-0.05, 0) is 12.3 Å². The summed E-state index contributed by atoms with van der Waals surface area (Å²) in [5.74, 6) is -0.555. The number of aliphatic carboxylic acids is 1. The Morgan fingerprint density at radius 1 is 1.48 bits per heavy atom. The van der Waals surface area contributed by atoms with Crippen LogP contribution in [0.15, 0.2) is 17.6 Å². The van der Waals surface area contributed by atoms with E-state index in [-0.39, 0.29) is 5.75 Å². The zero-order chi connectivity index (χ0) is 15.6. The average molecular weight is 308 g/mol. The van der Waals surface area contributed by atoms with Gasteiger partial charge in [-0.2, -0.15) is 5.10 Å². The third-order valence-corrected chi connectivity index (χ3v) is 4.07. The van der Waals surface area contributed by atoms with Crippen molar-refractivity contribution in [1.29, 1.82) is 0 Å². The molecule has 1 N–H and O–H groups in total. The molecule has 0 saturated carbocycles. The Labute approximate surface area is 128 Å². The highest BCUT2D eigenvalue weighted by molar-refractivity contribution is 7.99. The van der Waals surface area contributed by atoms with E-state index < -0.39 is 5.97 Å². The summed E-state index contributed by atoms with van der Waals surface area (Å²) in [6, 6.07) is 0. The first-order valence-electron chi connectivity index (χ1n) is 6.89. The van der Waals surface area contributed by atoms with Gasteiger partial charge in [-0.3, -0.25) is 14.0 Å². The number of carboxylic acids is 1. The number of nitrogens with zero attached hydrogens (tertiary/aromatic N) is 4. The lowest BCUT2D eigenvalue weighted by atomic mass is 10.1. The molecule has 0 bridgehead atoms. The lowest BCUT2D eigenvalue weighted by molar-refractivity contribution is -0.133. The molecular formula is C14H20N4O2S. The molecule has 0 aliphatic carbocycles. The Bertz CT molecular complexity index is 645. The van der Waals surface area contributed by atoms with Crippen molar-refractivity contribution in [3.05, 3.63) is 23.8 Å². The lowest BCUT2D eigenvalue weighted by Gasteiger charge is -2.13. The maximum atomic E-state index is 10.8. The molecule has 0 spiro atoms. The predicted octanol–water partition coefficient (Wildman–Crippen LogP) is 2.47. The van der Waals surface area contributed by atoms with E-state index in [4.69, 9.17) is 5.11 Å². The minimum absolute atomic E-state index is 0.00370. The van der Waals surface area contributed by atoms with Gasteiger partial charge in [0.1, 0.15) is 0 Å². The summed E-state index contributed by atoms with van der Waals surface area (Å²) < 4.78 is 3.81. The molecule has 0 unspecified atom stereocenters. The number of rotatable bonds is 6. The van der Waals surface area contributed by atoms with Gasteiger partial charge in [-0.25, -0.2) is 4.98 Å². The topological polar surface area (TPSA) is 72.9 Å². The molecule has 0 saturated heterocycles. The van der Waals surface area contributed by atoms with E-state index in [0.717, 1.165) is 23.5 Å². The summed E-state index contributed by atoms with van der Waals surface area (Å²) in [7, 11) is 1.89. The van der Waals surface area contributed by atoms with Gasteiger partial charge in [-0.15, -0.1) is 0 Å². The monoisotopic (exact) mass is 308 g/mol. The van der Waals surface area contributed by atoms with Crippen LogP contribution in [0.4, 0.5) is 0 Å². The predicted molar refractivity (Wildman–Crippen MR) is 82.2 cm³/mol. The molecule has 7 heteroatoms. The quantitative estimate of drug-likeness (QED) is 0.830. The van der Waals surface area contributed by atoms with Crippen LogP contribution in [0.3, 0.4) is 0 Å². The van der Waals surface area contributed by atoms with Crippen LogP contribution in [0.2, 0.25) is 0 Å². The highest BCUT2D eigenvalue weighted by Crippen LogP contribution is 2.29. The van der Waals surface area contributed by atoms with Crippen LogP contribution in [-0.2, 0) is 18.3 Å². The molecule has 2 aromatic rings. The highest BCUT2D eigenvalue weighted by atomic mass is 32.2. The Kier molecular flexibility index (Phi) is 4.72. The zero-order valence-electron chi connectivity index (χ0n) is 12.7. The zero-order valence-corrected chi connectivity index (χ0v) is 13.5. The molecule has 2 heterocycles. The minimum atomic E-state index is -0.845. The van der Waals surface area contributed by atoms with Gasteiger partial charge in [0.2, 0.25) is 0 Å². The van der Waals surface area contributed by atoms with E-state index in [9.17, 15) is 4.79 Å². The summed E-state index contributed by atoms with van der Waals surface area (Å²) in [4.78, 5) is 15.2. The fourth-order valence-corrected chi connectivity index (χ4v) is 2.90. The molecular weight excluding hydrogens is 288 g/mol. The maximum absolute atomic E-state index is 10.8. The normalized spacial score (nSPS) is 11.3. The smallest absolute Gasteiger partial charge is 0.313 e. The minimum Gasteiger partial charge on any atom is -0.481 e. The first-order chi connectivity index (χ1) is 9.93. The van der Waals surface area contributed by atoms with Crippen molar-refractivity contribution in [1.82, 2.24) is 19.3 Å². The van der Waals surface area contributed by atoms with Gasteiger partial charge in [0.15, 0.2) is 5.16 Å². The van der Waals surface area contributed by atoms with Crippen LogP contribution < -0.4 is 0 Å². The van der Waals surface area contributed by atoms with Crippen LogP contribution in [0.25, 0.3) is 5.69 Å². The Morgan fingerprint density at radius 3 is 2.76 bits per heavy atom. The van der Waals surface area contributed by atoms with E-state index in [1.807, 2.05) is 24.0 Å². The van der Waals surface area contributed by atoms with Crippen molar-refractivity contribution in [3.8, 4) is 5.69 Å². The summed E-state index contributed by atoms with van der Waals surface area (Å²) in [5.41, 5.74) is 3.02. The summed E-state index contributed by atoms with van der Waals surface area (Å²) in [6.45, 7) is 6.25. The van der Waals surface area contributed by atoms with E-state index in [1.165, 1.54) is 11.8 Å². The third-order valence-electron chi connectivity index (χ3n) is 3.13. The van der Waals surface area contributed by atoms with E-state index >= 15 is 0 Å². The van der Waals surface area contributed by atoms with Gasteiger partial charge >= 0.3 is 5.97 Å². The van der Waals surface area contributed by atoms with Crippen LogP contribution in [0.5, 0.6) is 0 Å². The molecule has 0 aliphatic rings. The SMILES string of the molecule is CCc1nn(C)cc1-n1c(C(C)C)cnc1SCC(=O)O. The molecule has 2 aromatic heterocycles. The van der Waals surface area contributed by atoms with Crippen molar-refractivity contribution in [2.45, 2.75) is 38.3 Å². The second-order valence-corrected chi connectivity index (χ2v) is 6.07. The summed E-state index contributed by atoms with van der Waals surface area (Å²) in [6.07, 6.45) is 4.59. The van der Waals surface area contributed by atoms with Crippen molar-refractivity contribution in [2.24, 2.45) is 7.05 Å². The molecule has 0 aliphatic heterocycles. The van der Waals surface area contributed by atoms with Crippen LogP contribution in [0, 0.1) is 0 Å². The van der Waals surface area contributed by atoms with Gasteiger partial charge < -0.3 is 5.11 Å². The number of hydrogen-bond donors (Lipinski definition) is 1. The van der Waals surface area contributed by atoms with Crippen molar-refractivity contribution >= 4 is 17.7 Å². The van der Waals surface area contributed by atoms with Crippen molar-refractivity contribution < 1.29 is 9.90 Å². The molecule has 0 atom stereocenters. The molecule has 0 aromatic carbocycles. The van der Waals surface area contributed by atoms with Gasteiger partial charge in [0.25, 0.3) is 0 Å². The highest BCUT2D eigenvalue weighted by Gasteiger charge is 2.19. The number of carboxylic acid groups (broad SMARTS) is 1. The Balaban J connectivity index is 2.52. The van der Waals surface area contributed by atoms with Crippen LogP contribution >= 0.6 is 11.8 Å². The second kappa shape index (κ2) is 6.34. The van der Waals surface area contributed by atoms with Crippen LogP contribution in [-0.4, -0.2) is 36.2 Å². The van der Waals surface area contributed by atoms with Gasteiger partial charge in [-0.1, -0.05) is 32.5 Å². The summed E-state index contributed by atoms with van der Waals surface area (Å²) >= 11 is 1.23. The third kappa shape index (κ3) is 3.29. The molecule has 0 radical (unpaired) electrons. The number of thioether (sulfide) groups is 1. The average Bonchev–Trinajstić information content (AvgIpc) is 2.98. The first kappa shape index (κ1) is 15.6. The fourth-order valence-electron chi connectivity index (χ4n) is 2.19. The van der Waals surface area contributed by atoms with Gasteiger partial charge in [0.05, 0.1) is 23.3 Å². The Morgan fingerprint density at radius 2 is 2.19 bits per heavy atom. The molecule has 0 fully saturated rings. The fraction of sp³-hybridized carbons (Fsp3) is 0.500. The lowest BCUT2D eigenvalue weighted by Crippen LogP contribution is -2.06. The number of carbonyl (C=O) groups is 1. The Hall–Kier alpha value is -1.76. The second-order valence-electron chi connectivity index (χ2n) is 5.13. The van der Waals surface area contributed by atoms with Crippen molar-refractivity contribution in [2.75, 3.05) is 5.75 Å². The molecule has 2 rings (SSSR count). The van der Waals surface area contributed by atoms with E-state index in [1.54, 1.807) is 4.68 Å². The van der Waals surface area contributed by atoms with E-state index in [2.05, 4.69) is 30.9 Å². The molecule has 21 heavy (non-hydrogen) atoms. The molecule has 114 valence electrons. The number of aryl methyl sites for hydroxylation is 2. The molecule has 6 nitrogen and oxygen atoms in total. The van der Waals surface area contributed by atoms with Crippen LogP contribution in [0.1, 0.15) is 38.1 Å². The number of aromatic nitrogens is 4. The standard InChI is InChI=1S/C14H20N4O2S/c1-5-10-12(7-17(4)16-10)18-11(9(2)3)6-15-14(18)21-8-13(19)20/h6-7,9H,5,8H2,1-4H3,(H,19,20). The first-order valence-corrected chi connectivity index (χ1v) is 7.87. The number of imidazole rings is 1. The number of hydrogen-bond acceptors (Lipinski definition) is 4. The summed E-state index contributed by atoms with van der Waals surface area (Å²) in [5, 5.41) is 14.0.